The van der Waals surface area contributed by atoms with Crippen LogP contribution in [0.5, 0.6) is 0 Å². The highest BCUT2D eigenvalue weighted by atomic mass is 16.5. The van der Waals surface area contributed by atoms with Crippen LogP contribution < -0.4 is 0 Å². The first-order valence-corrected chi connectivity index (χ1v) is 4.56. The topological polar surface area (TPSA) is 46.5 Å². The normalized spacial score (nSPS) is 12.5. The van der Waals surface area contributed by atoms with Crippen molar-refractivity contribution >= 4 is 5.97 Å². The van der Waals surface area contributed by atoms with E-state index >= 15 is 0 Å². The molecular formula is C10H18O3. The molecule has 0 aromatic carbocycles. The van der Waals surface area contributed by atoms with Gasteiger partial charge in [0.15, 0.2) is 0 Å². The molecule has 0 aromatic rings. The van der Waals surface area contributed by atoms with E-state index in [1.807, 2.05) is 0 Å². The van der Waals surface area contributed by atoms with Crippen molar-refractivity contribution in [2.24, 2.45) is 5.92 Å². The molecule has 0 saturated carbocycles. The van der Waals surface area contributed by atoms with E-state index in [0.717, 1.165) is 12.8 Å². The molecule has 0 fully saturated rings. The van der Waals surface area contributed by atoms with Crippen LogP contribution in [0, 0.1) is 5.92 Å². The van der Waals surface area contributed by atoms with Crippen molar-refractivity contribution in [3.63, 3.8) is 0 Å². The number of hydrogen-bond donors (Lipinski definition) is 1. The van der Waals surface area contributed by atoms with Gasteiger partial charge >= 0.3 is 5.97 Å². The molecule has 0 bridgehead atoms. The summed E-state index contributed by atoms with van der Waals surface area (Å²) < 4.78 is 5.19. The highest BCUT2D eigenvalue weighted by Gasteiger charge is 2.05. The molecule has 0 aliphatic rings. The Hall–Kier alpha value is -0.830. The van der Waals surface area contributed by atoms with Crippen molar-refractivity contribution < 1.29 is 14.6 Å². The predicted octanol–water partition coefficient (Wildman–Crippen LogP) is 2.08. The van der Waals surface area contributed by atoms with Crippen molar-refractivity contribution in [3.8, 4) is 0 Å². The lowest BCUT2D eigenvalue weighted by Crippen LogP contribution is -2.11. The molecule has 0 spiro atoms. The maximum absolute atomic E-state index is 10.3. The van der Waals surface area contributed by atoms with Crippen molar-refractivity contribution in [2.75, 3.05) is 13.2 Å². The predicted molar refractivity (Wildman–Crippen MR) is 51.7 cm³/mol. The summed E-state index contributed by atoms with van der Waals surface area (Å²) in [4.78, 5) is 10.3. The van der Waals surface area contributed by atoms with E-state index in [2.05, 4.69) is 20.4 Å². The lowest BCUT2D eigenvalue weighted by Gasteiger charge is -2.10. The zero-order chi connectivity index (χ0) is 10.3. The lowest BCUT2D eigenvalue weighted by atomic mass is 10.1. The SMILES string of the molecule is C=C(COCC(C)CCC)C(=O)O. The Kier molecular flexibility index (Phi) is 6.24. The van der Waals surface area contributed by atoms with Crippen LogP contribution in [0.1, 0.15) is 26.7 Å². The largest absolute Gasteiger partial charge is 0.478 e. The highest BCUT2D eigenvalue weighted by molar-refractivity contribution is 5.85. The number of aliphatic carboxylic acids is 1. The standard InChI is InChI=1S/C10H18O3/c1-4-5-8(2)6-13-7-9(3)10(11)12/h8H,3-7H2,1-2H3,(H,11,12). The van der Waals surface area contributed by atoms with Gasteiger partial charge in [-0.1, -0.05) is 26.8 Å². The van der Waals surface area contributed by atoms with Gasteiger partial charge in [-0.3, -0.25) is 0 Å². The molecule has 1 atom stereocenters. The zero-order valence-electron chi connectivity index (χ0n) is 8.38. The Labute approximate surface area is 79.4 Å². The molecule has 0 aliphatic carbocycles. The van der Waals surface area contributed by atoms with E-state index in [1.54, 1.807) is 0 Å². The fraction of sp³-hybridized carbons (Fsp3) is 0.700. The van der Waals surface area contributed by atoms with E-state index in [9.17, 15) is 4.79 Å². The smallest absolute Gasteiger partial charge is 0.333 e. The van der Waals surface area contributed by atoms with Gasteiger partial charge in [-0.25, -0.2) is 4.79 Å². The average molecular weight is 186 g/mol. The molecule has 1 unspecified atom stereocenters. The maximum Gasteiger partial charge on any atom is 0.333 e. The van der Waals surface area contributed by atoms with Gasteiger partial charge in [0.1, 0.15) is 0 Å². The van der Waals surface area contributed by atoms with Crippen LogP contribution in [0.15, 0.2) is 12.2 Å². The van der Waals surface area contributed by atoms with E-state index in [1.165, 1.54) is 0 Å². The molecule has 13 heavy (non-hydrogen) atoms. The van der Waals surface area contributed by atoms with Crippen LogP contribution in [0.2, 0.25) is 0 Å². The number of hydrogen-bond acceptors (Lipinski definition) is 2. The number of carboxylic acid groups (broad SMARTS) is 1. The molecular weight excluding hydrogens is 168 g/mol. The summed E-state index contributed by atoms with van der Waals surface area (Å²) >= 11 is 0. The van der Waals surface area contributed by atoms with Crippen molar-refractivity contribution in [2.45, 2.75) is 26.7 Å². The Morgan fingerprint density at radius 1 is 1.62 bits per heavy atom. The Morgan fingerprint density at radius 2 is 2.23 bits per heavy atom. The summed E-state index contributed by atoms with van der Waals surface area (Å²) in [5.74, 6) is -0.491. The quantitative estimate of drug-likeness (QED) is 0.619. The Bertz CT molecular complexity index is 175. The second kappa shape index (κ2) is 6.66. The van der Waals surface area contributed by atoms with Gasteiger partial charge in [-0.2, -0.15) is 0 Å². The fourth-order valence-corrected chi connectivity index (χ4v) is 1.02. The third-order valence-corrected chi connectivity index (χ3v) is 1.76. The molecule has 0 aliphatic heterocycles. The molecule has 0 amide bonds. The highest BCUT2D eigenvalue weighted by Crippen LogP contribution is 2.05. The molecule has 76 valence electrons. The molecule has 1 N–H and O–H groups in total. The van der Waals surface area contributed by atoms with Crippen LogP contribution in [-0.4, -0.2) is 24.3 Å². The molecule has 3 heteroatoms. The summed E-state index contributed by atoms with van der Waals surface area (Å²) in [5, 5.41) is 8.47. The number of carboxylic acids is 1. The van der Waals surface area contributed by atoms with Gasteiger partial charge < -0.3 is 9.84 Å². The van der Waals surface area contributed by atoms with Crippen LogP contribution in [0.25, 0.3) is 0 Å². The van der Waals surface area contributed by atoms with Gasteiger partial charge in [-0.05, 0) is 12.3 Å². The molecule has 0 heterocycles. The molecule has 0 rings (SSSR count). The first kappa shape index (κ1) is 12.2. The number of carbonyl (C=O) groups is 1. The zero-order valence-corrected chi connectivity index (χ0v) is 8.38. The first-order chi connectivity index (χ1) is 6.07. The summed E-state index contributed by atoms with van der Waals surface area (Å²) in [6, 6.07) is 0. The molecule has 0 saturated heterocycles. The molecule has 3 nitrogen and oxygen atoms in total. The first-order valence-electron chi connectivity index (χ1n) is 4.56. The second-order valence-electron chi connectivity index (χ2n) is 3.32. The minimum absolute atomic E-state index is 0.115. The third-order valence-electron chi connectivity index (χ3n) is 1.76. The minimum Gasteiger partial charge on any atom is -0.478 e. The molecule has 0 aromatic heterocycles. The van der Waals surface area contributed by atoms with Gasteiger partial charge in [-0.15, -0.1) is 0 Å². The van der Waals surface area contributed by atoms with Crippen molar-refractivity contribution in [3.05, 3.63) is 12.2 Å². The van der Waals surface area contributed by atoms with Gasteiger partial charge in [0.2, 0.25) is 0 Å². The van der Waals surface area contributed by atoms with E-state index in [4.69, 9.17) is 9.84 Å². The molecule has 0 radical (unpaired) electrons. The van der Waals surface area contributed by atoms with Crippen LogP contribution in [0.3, 0.4) is 0 Å². The average Bonchev–Trinajstić information content (AvgIpc) is 2.04. The summed E-state index contributed by atoms with van der Waals surface area (Å²) in [6.45, 7) is 8.32. The van der Waals surface area contributed by atoms with Gasteiger partial charge in [0.25, 0.3) is 0 Å². The van der Waals surface area contributed by atoms with Gasteiger partial charge in [0.05, 0.1) is 12.2 Å². The summed E-state index contributed by atoms with van der Waals surface area (Å²) in [7, 11) is 0. The summed E-state index contributed by atoms with van der Waals surface area (Å²) in [5.41, 5.74) is 0.115. The van der Waals surface area contributed by atoms with Gasteiger partial charge in [0, 0.05) is 6.61 Å². The van der Waals surface area contributed by atoms with E-state index in [0.29, 0.717) is 12.5 Å². The van der Waals surface area contributed by atoms with E-state index in [-0.39, 0.29) is 12.2 Å². The van der Waals surface area contributed by atoms with Crippen molar-refractivity contribution in [1.29, 1.82) is 0 Å². The maximum atomic E-state index is 10.3. The third kappa shape index (κ3) is 6.34. The van der Waals surface area contributed by atoms with Crippen LogP contribution in [0.4, 0.5) is 0 Å². The summed E-state index contributed by atoms with van der Waals surface area (Å²) in [6.07, 6.45) is 2.24. The number of ether oxygens (including phenoxy) is 1. The lowest BCUT2D eigenvalue weighted by molar-refractivity contribution is -0.133. The van der Waals surface area contributed by atoms with E-state index < -0.39 is 5.97 Å². The number of rotatable bonds is 7. The Morgan fingerprint density at radius 3 is 2.69 bits per heavy atom. The van der Waals surface area contributed by atoms with Crippen LogP contribution in [-0.2, 0) is 9.53 Å². The fourth-order valence-electron chi connectivity index (χ4n) is 1.02. The Balaban J connectivity index is 3.44. The van der Waals surface area contributed by atoms with Crippen molar-refractivity contribution in [1.82, 2.24) is 0 Å². The van der Waals surface area contributed by atoms with Crippen LogP contribution >= 0.6 is 0 Å². The minimum atomic E-state index is -0.983. The monoisotopic (exact) mass is 186 g/mol. The second-order valence-corrected chi connectivity index (χ2v) is 3.32.